The first-order valence-electron chi connectivity index (χ1n) is 9.80. The normalized spacial score (nSPS) is 19.2. The second-order valence-electron chi connectivity index (χ2n) is 7.88. The van der Waals surface area contributed by atoms with E-state index in [0.717, 1.165) is 44.8 Å². The van der Waals surface area contributed by atoms with Gasteiger partial charge in [0.25, 0.3) is 0 Å². The molecule has 2 aromatic carbocycles. The highest BCUT2D eigenvalue weighted by Gasteiger charge is 2.29. The van der Waals surface area contributed by atoms with E-state index in [1.165, 1.54) is 5.56 Å². The lowest BCUT2D eigenvalue weighted by Crippen LogP contribution is -2.39. The van der Waals surface area contributed by atoms with Gasteiger partial charge in [-0.2, -0.15) is 0 Å². The fourth-order valence-electron chi connectivity index (χ4n) is 4.14. The number of carbonyl (C=O) groups excluding carboxylic acids is 1. The Hall–Kier alpha value is -2.50. The first-order chi connectivity index (χ1) is 13.6. The third-order valence-corrected chi connectivity index (χ3v) is 6.87. The summed E-state index contributed by atoms with van der Waals surface area (Å²) in [7, 11) is 1.99. The monoisotopic (exact) mass is 389 g/mol. The van der Waals surface area contributed by atoms with Crippen molar-refractivity contribution in [3.63, 3.8) is 0 Å². The van der Waals surface area contributed by atoms with Gasteiger partial charge in [0.15, 0.2) is 10.7 Å². The average molecular weight is 390 g/mol. The Kier molecular flexibility index (Phi) is 4.29. The minimum atomic E-state index is 0.257. The number of aromatic nitrogens is 2. The van der Waals surface area contributed by atoms with E-state index in [2.05, 4.69) is 53.2 Å². The molecule has 0 bridgehead atoms. The maximum absolute atomic E-state index is 12.7. The minimum absolute atomic E-state index is 0.257. The zero-order chi connectivity index (χ0) is 19.3. The quantitative estimate of drug-likeness (QED) is 0.483. The van der Waals surface area contributed by atoms with Gasteiger partial charge >= 0.3 is 0 Å². The molecule has 1 N–H and O–H groups in total. The molecule has 0 atom stereocenters. The van der Waals surface area contributed by atoms with Gasteiger partial charge in [0.05, 0.1) is 15.9 Å². The molecule has 28 heavy (non-hydrogen) atoms. The van der Waals surface area contributed by atoms with Crippen molar-refractivity contribution in [1.29, 1.82) is 0 Å². The average Bonchev–Trinajstić information content (AvgIpc) is 3.21. The highest BCUT2D eigenvalue weighted by molar-refractivity contribution is 7.23. The van der Waals surface area contributed by atoms with Crippen LogP contribution in [-0.2, 0) is 0 Å². The molecule has 1 saturated carbocycles. The number of carbonyl (C=O) groups is 1. The lowest BCUT2D eigenvalue weighted by atomic mass is 9.77. The number of benzene rings is 2. The molecule has 142 valence electrons. The van der Waals surface area contributed by atoms with Crippen molar-refractivity contribution < 1.29 is 4.79 Å². The number of Topliss-reactive ketones (excluding diaryl/α,β-unsaturated/α-hetero) is 1. The SMILES string of the molecule is CNC1CC(CC(=O)c2ccc3c(c2)sc2nc(-c4cccc(C)c4)cn23)C1. The van der Waals surface area contributed by atoms with Gasteiger partial charge in [0, 0.05) is 29.8 Å². The van der Waals surface area contributed by atoms with Crippen molar-refractivity contribution in [1.82, 2.24) is 14.7 Å². The predicted molar refractivity (Wildman–Crippen MR) is 115 cm³/mol. The first kappa shape index (κ1) is 17.6. The van der Waals surface area contributed by atoms with Crippen molar-refractivity contribution in [2.75, 3.05) is 7.05 Å². The second-order valence-corrected chi connectivity index (χ2v) is 8.89. The molecule has 4 aromatic rings. The lowest BCUT2D eigenvalue weighted by Gasteiger charge is -2.34. The van der Waals surface area contributed by atoms with E-state index in [9.17, 15) is 4.79 Å². The number of fused-ring (bicyclic) bond motifs is 3. The smallest absolute Gasteiger partial charge is 0.195 e. The largest absolute Gasteiger partial charge is 0.317 e. The van der Waals surface area contributed by atoms with Crippen LogP contribution in [0.15, 0.2) is 48.7 Å². The molecule has 2 aromatic heterocycles. The van der Waals surface area contributed by atoms with Crippen LogP contribution in [0.1, 0.15) is 35.2 Å². The fraction of sp³-hybridized carbons (Fsp3) is 0.304. The van der Waals surface area contributed by atoms with Crippen LogP contribution in [0.3, 0.4) is 0 Å². The Morgan fingerprint density at radius 1 is 1.25 bits per heavy atom. The molecule has 2 heterocycles. The number of thiazole rings is 1. The van der Waals surface area contributed by atoms with Crippen molar-refractivity contribution in [3.8, 4) is 11.3 Å². The van der Waals surface area contributed by atoms with Gasteiger partial charge in [-0.15, -0.1) is 0 Å². The summed E-state index contributed by atoms with van der Waals surface area (Å²) in [6, 6.07) is 15.1. The van der Waals surface area contributed by atoms with E-state index in [-0.39, 0.29) is 5.78 Å². The summed E-state index contributed by atoms with van der Waals surface area (Å²) in [5.74, 6) is 0.783. The second kappa shape index (κ2) is 6.83. The number of hydrogen-bond donors (Lipinski definition) is 1. The predicted octanol–water partition coefficient (Wildman–Crippen LogP) is 5.10. The Bertz CT molecular complexity index is 1180. The number of rotatable bonds is 5. The van der Waals surface area contributed by atoms with E-state index in [4.69, 9.17) is 4.98 Å². The molecule has 0 aliphatic heterocycles. The van der Waals surface area contributed by atoms with E-state index in [0.29, 0.717) is 18.4 Å². The zero-order valence-electron chi connectivity index (χ0n) is 16.1. The molecule has 1 aliphatic rings. The molecule has 0 radical (unpaired) electrons. The molecule has 0 unspecified atom stereocenters. The van der Waals surface area contributed by atoms with Crippen LogP contribution >= 0.6 is 11.3 Å². The number of nitrogens with zero attached hydrogens (tertiary/aromatic N) is 2. The molecule has 4 nitrogen and oxygen atoms in total. The Morgan fingerprint density at radius 2 is 2.11 bits per heavy atom. The molecular weight excluding hydrogens is 366 g/mol. The van der Waals surface area contributed by atoms with Crippen molar-refractivity contribution in [2.24, 2.45) is 5.92 Å². The van der Waals surface area contributed by atoms with Gasteiger partial charge in [-0.05, 0) is 57.0 Å². The van der Waals surface area contributed by atoms with Gasteiger partial charge in [-0.25, -0.2) is 4.98 Å². The number of imidazole rings is 1. The highest BCUT2D eigenvalue weighted by Crippen LogP contribution is 2.33. The molecule has 0 spiro atoms. The Labute approximate surface area is 168 Å². The van der Waals surface area contributed by atoms with E-state index < -0.39 is 0 Å². The van der Waals surface area contributed by atoms with Crippen LogP contribution in [0, 0.1) is 12.8 Å². The van der Waals surface area contributed by atoms with Crippen LogP contribution in [0.25, 0.3) is 26.4 Å². The molecule has 1 fully saturated rings. The van der Waals surface area contributed by atoms with Crippen LogP contribution in [-0.4, -0.2) is 28.3 Å². The molecule has 5 rings (SSSR count). The van der Waals surface area contributed by atoms with Crippen LogP contribution in [0.5, 0.6) is 0 Å². The summed E-state index contributed by atoms with van der Waals surface area (Å²) in [5, 5.41) is 3.28. The summed E-state index contributed by atoms with van der Waals surface area (Å²) in [5.41, 5.74) is 5.29. The number of nitrogens with one attached hydrogen (secondary N) is 1. The van der Waals surface area contributed by atoms with E-state index in [1.54, 1.807) is 11.3 Å². The van der Waals surface area contributed by atoms with Crippen molar-refractivity contribution in [3.05, 3.63) is 59.8 Å². The summed E-state index contributed by atoms with van der Waals surface area (Å²) in [6.07, 6.45) is 4.97. The van der Waals surface area contributed by atoms with Gasteiger partial charge in [-0.3, -0.25) is 9.20 Å². The topological polar surface area (TPSA) is 46.4 Å². The zero-order valence-corrected chi connectivity index (χ0v) is 16.9. The molecule has 5 heteroatoms. The summed E-state index contributed by atoms with van der Waals surface area (Å²) in [4.78, 5) is 18.5. The third kappa shape index (κ3) is 3.05. The fourth-order valence-corrected chi connectivity index (χ4v) is 5.18. The maximum atomic E-state index is 12.7. The summed E-state index contributed by atoms with van der Waals surface area (Å²) in [6.45, 7) is 2.10. The summed E-state index contributed by atoms with van der Waals surface area (Å²) < 4.78 is 3.25. The highest BCUT2D eigenvalue weighted by atomic mass is 32.1. The van der Waals surface area contributed by atoms with Crippen LogP contribution in [0.2, 0.25) is 0 Å². The van der Waals surface area contributed by atoms with Gasteiger partial charge in [0.1, 0.15) is 0 Å². The number of aryl methyl sites for hydroxylation is 1. The Morgan fingerprint density at radius 3 is 2.89 bits per heavy atom. The molecule has 0 saturated heterocycles. The van der Waals surface area contributed by atoms with Crippen LogP contribution < -0.4 is 5.32 Å². The number of hydrogen-bond acceptors (Lipinski definition) is 4. The van der Waals surface area contributed by atoms with E-state index in [1.807, 2.05) is 19.2 Å². The lowest BCUT2D eigenvalue weighted by molar-refractivity contribution is 0.0918. The first-order valence-corrected chi connectivity index (χ1v) is 10.6. The molecule has 0 amide bonds. The minimum Gasteiger partial charge on any atom is -0.317 e. The molecule has 1 aliphatic carbocycles. The van der Waals surface area contributed by atoms with E-state index >= 15 is 0 Å². The van der Waals surface area contributed by atoms with Crippen molar-refractivity contribution in [2.45, 2.75) is 32.2 Å². The molecular formula is C23H23N3OS. The maximum Gasteiger partial charge on any atom is 0.195 e. The van der Waals surface area contributed by atoms with Crippen LogP contribution in [0.4, 0.5) is 0 Å². The number of ketones is 1. The van der Waals surface area contributed by atoms with Gasteiger partial charge in [0.2, 0.25) is 0 Å². The van der Waals surface area contributed by atoms with Gasteiger partial charge in [-0.1, -0.05) is 35.1 Å². The third-order valence-electron chi connectivity index (χ3n) is 5.85. The Balaban J connectivity index is 1.42. The van der Waals surface area contributed by atoms with Crippen molar-refractivity contribution >= 4 is 32.3 Å². The van der Waals surface area contributed by atoms with Gasteiger partial charge < -0.3 is 5.32 Å². The summed E-state index contributed by atoms with van der Waals surface area (Å²) >= 11 is 1.65. The standard InChI is InChI=1S/C23H23N3OS/c1-14-4-3-5-16(8-14)19-13-26-20-7-6-17(12-22(20)28-23(26)25-19)21(27)11-15-9-18(10-15)24-2/h3-8,12-13,15,18,24H,9-11H2,1-2H3.